The largest absolute Gasteiger partial charge is 0.497 e. The van der Waals surface area contributed by atoms with E-state index in [1.165, 1.54) is 5.56 Å². The minimum atomic E-state index is -0.397. The lowest BCUT2D eigenvalue weighted by Gasteiger charge is -2.28. The van der Waals surface area contributed by atoms with Gasteiger partial charge in [0.25, 0.3) is 0 Å². The van der Waals surface area contributed by atoms with Crippen LogP contribution in [0.15, 0.2) is 48.5 Å². The molecule has 0 aromatic heterocycles. The Balaban J connectivity index is 1.87. The topological polar surface area (TPSA) is 38.3 Å². The summed E-state index contributed by atoms with van der Waals surface area (Å²) in [7, 11) is 1.64. The Hall–Kier alpha value is -2.29. The van der Waals surface area contributed by atoms with Gasteiger partial charge in [-0.25, -0.2) is 0 Å². The van der Waals surface area contributed by atoms with Crippen LogP contribution < -0.4 is 10.1 Å². The van der Waals surface area contributed by atoms with E-state index in [4.69, 9.17) is 4.74 Å². The van der Waals surface area contributed by atoms with Gasteiger partial charge in [0.2, 0.25) is 5.91 Å². The molecule has 1 amide bonds. The van der Waals surface area contributed by atoms with Gasteiger partial charge in [-0.3, -0.25) is 4.79 Å². The predicted octanol–water partition coefficient (Wildman–Crippen LogP) is 4.45. The number of hydrogen-bond donors (Lipinski definition) is 1. The highest BCUT2D eigenvalue weighted by atomic mass is 16.5. The van der Waals surface area contributed by atoms with Crippen molar-refractivity contribution in [1.29, 1.82) is 0 Å². The molecule has 0 unspecified atom stereocenters. The highest BCUT2D eigenvalue weighted by molar-refractivity contribution is 5.99. The van der Waals surface area contributed by atoms with Crippen LogP contribution in [0.3, 0.4) is 0 Å². The molecule has 0 atom stereocenters. The summed E-state index contributed by atoms with van der Waals surface area (Å²) in [4.78, 5) is 13.1. The zero-order valence-corrected chi connectivity index (χ0v) is 13.8. The van der Waals surface area contributed by atoms with Gasteiger partial charge < -0.3 is 10.1 Å². The highest BCUT2D eigenvalue weighted by Crippen LogP contribution is 2.42. The summed E-state index contributed by atoms with van der Waals surface area (Å²) in [5.74, 6) is 0.892. The number of amides is 1. The van der Waals surface area contributed by atoms with E-state index in [-0.39, 0.29) is 5.91 Å². The van der Waals surface area contributed by atoms with Gasteiger partial charge in [0.15, 0.2) is 0 Å². The number of rotatable bonds is 4. The number of carbonyl (C=O) groups is 1. The van der Waals surface area contributed by atoms with Gasteiger partial charge in [0, 0.05) is 5.69 Å². The standard InChI is InChI=1S/C20H23NO2/c1-15-6-5-7-16(14-15)20(12-3-4-13-20)19(22)21-17-8-10-18(23-2)11-9-17/h5-11,14H,3-4,12-13H2,1-2H3,(H,21,22). The zero-order valence-electron chi connectivity index (χ0n) is 13.8. The molecule has 0 saturated heterocycles. The monoisotopic (exact) mass is 309 g/mol. The van der Waals surface area contributed by atoms with Crippen molar-refractivity contribution in [2.24, 2.45) is 0 Å². The van der Waals surface area contributed by atoms with Gasteiger partial charge >= 0.3 is 0 Å². The lowest BCUT2D eigenvalue weighted by atomic mass is 9.77. The molecule has 1 saturated carbocycles. The lowest BCUT2D eigenvalue weighted by molar-refractivity contribution is -0.121. The molecule has 1 aliphatic rings. The molecule has 3 nitrogen and oxygen atoms in total. The second-order valence-corrected chi connectivity index (χ2v) is 6.34. The molecule has 0 bridgehead atoms. The molecular weight excluding hydrogens is 286 g/mol. The van der Waals surface area contributed by atoms with Gasteiger partial charge in [-0.15, -0.1) is 0 Å². The van der Waals surface area contributed by atoms with Crippen LogP contribution in [0.5, 0.6) is 5.75 Å². The second-order valence-electron chi connectivity index (χ2n) is 6.34. The summed E-state index contributed by atoms with van der Waals surface area (Å²) in [5, 5.41) is 3.10. The Labute approximate surface area is 137 Å². The first-order chi connectivity index (χ1) is 11.1. The number of methoxy groups -OCH3 is 1. The van der Waals surface area contributed by atoms with Crippen LogP contribution in [0.4, 0.5) is 5.69 Å². The van der Waals surface area contributed by atoms with E-state index in [1.54, 1.807) is 7.11 Å². The molecular formula is C20H23NO2. The molecule has 0 aliphatic heterocycles. The number of nitrogens with one attached hydrogen (secondary N) is 1. The Morgan fingerprint density at radius 3 is 2.39 bits per heavy atom. The summed E-state index contributed by atoms with van der Waals surface area (Å²) in [6.45, 7) is 2.08. The van der Waals surface area contributed by atoms with E-state index in [0.717, 1.165) is 42.7 Å². The lowest BCUT2D eigenvalue weighted by Crippen LogP contribution is -2.38. The fourth-order valence-corrected chi connectivity index (χ4v) is 3.49. The third-order valence-corrected chi connectivity index (χ3v) is 4.81. The van der Waals surface area contributed by atoms with E-state index in [9.17, 15) is 4.79 Å². The fourth-order valence-electron chi connectivity index (χ4n) is 3.49. The molecule has 1 aliphatic carbocycles. The first-order valence-electron chi connectivity index (χ1n) is 8.17. The third kappa shape index (κ3) is 3.09. The van der Waals surface area contributed by atoms with Crippen molar-refractivity contribution in [3.05, 3.63) is 59.7 Å². The second kappa shape index (κ2) is 6.45. The summed E-state index contributed by atoms with van der Waals surface area (Å²) in [6.07, 6.45) is 4.03. The van der Waals surface area contributed by atoms with Gasteiger partial charge in [-0.05, 0) is 49.6 Å². The number of carbonyl (C=O) groups excluding carboxylic acids is 1. The minimum Gasteiger partial charge on any atom is -0.497 e. The van der Waals surface area contributed by atoms with Crippen LogP contribution in [0.1, 0.15) is 36.8 Å². The number of aryl methyl sites for hydroxylation is 1. The Morgan fingerprint density at radius 1 is 1.09 bits per heavy atom. The van der Waals surface area contributed by atoms with Crippen molar-refractivity contribution >= 4 is 11.6 Å². The van der Waals surface area contributed by atoms with Crippen molar-refractivity contribution < 1.29 is 9.53 Å². The van der Waals surface area contributed by atoms with E-state index >= 15 is 0 Å². The summed E-state index contributed by atoms with van der Waals surface area (Å²) in [5.41, 5.74) is 2.76. The van der Waals surface area contributed by atoms with Crippen LogP contribution in [0.25, 0.3) is 0 Å². The van der Waals surface area contributed by atoms with Crippen molar-refractivity contribution in [1.82, 2.24) is 0 Å². The number of hydrogen-bond acceptors (Lipinski definition) is 2. The van der Waals surface area contributed by atoms with Gasteiger partial charge in [0.05, 0.1) is 12.5 Å². The maximum absolute atomic E-state index is 13.1. The number of ether oxygens (including phenoxy) is 1. The van der Waals surface area contributed by atoms with E-state index in [2.05, 4.69) is 30.4 Å². The fraction of sp³-hybridized carbons (Fsp3) is 0.350. The van der Waals surface area contributed by atoms with Gasteiger partial charge in [0.1, 0.15) is 5.75 Å². The van der Waals surface area contributed by atoms with Crippen LogP contribution >= 0.6 is 0 Å². The molecule has 1 fully saturated rings. The molecule has 0 radical (unpaired) electrons. The van der Waals surface area contributed by atoms with Gasteiger partial charge in [-0.2, -0.15) is 0 Å². The summed E-state index contributed by atoms with van der Waals surface area (Å²) in [6, 6.07) is 15.9. The normalized spacial score (nSPS) is 16.1. The maximum Gasteiger partial charge on any atom is 0.235 e. The molecule has 120 valence electrons. The molecule has 2 aromatic rings. The van der Waals surface area contributed by atoms with Crippen molar-refractivity contribution in [2.75, 3.05) is 12.4 Å². The van der Waals surface area contributed by atoms with E-state index in [1.807, 2.05) is 30.3 Å². The number of anilines is 1. The molecule has 0 spiro atoms. The average Bonchev–Trinajstić information content (AvgIpc) is 3.06. The summed E-state index contributed by atoms with van der Waals surface area (Å²) >= 11 is 0. The molecule has 0 heterocycles. The highest BCUT2D eigenvalue weighted by Gasteiger charge is 2.42. The first kappa shape index (κ1) is 15.6. The van der Waals surface area contributed by atoms with Crippen LogP contribution in [-0.2, 0) is 10.2 Å². The number of benzene rings is 2. The Morgan fingerprint density at radius 2 is 1.78 bits per heavy atom. The molecule has 1 N–H and O–H groups in total. The molecule has 3 rings (SSSR count). The van der Waals surface area contributed by atoms with Crippen molar-refractivity contribution in [3.63, 3.8) is 0 Å². The third-order valence-electron chi connectivity index (χ3n) is 4.81. The van der Waals surface area contributed by atoms with Crippen molar-refractivity contribution in [2.45, 2.75) is 38.0 Å². The van der Waals surface area contributed by atoms with Crippen LogP contribution in [-0.4, -0.2) is 13.0 Å². The first-order valence-corrected chi connectivity index (χ1v) is 8.17. The molecule has 3 heteroatoms. The predicted molar refractivity (Wildman–Crippen MR) is 92.9 cm³/mol. The Kier molecular flexibility index (Phi) is 4.37. The smallest absolute Gasteiger partial charge is 0.235 e. The quantitative estimate of drug-likeness (QED) is 0.906. The van der Waals surface area contributed by atoms with Gasteiger partial charge in [-0.1, -0.05) is 42.7 Å². The van der Waals surface area contributed by atoms with E-state index < -0.39 is 5.41 Å². The molecule has 2 aromatic carbocycles. The maximum atomic E-state index is 13.1. The van der Waals surface area contributed by atoms with Crippen LogP contribution in [0.2, 0.25) is 0 Å². The van der Waals surface area contributed by atoms with Crippen molar-refractivity contribution in [3.8, 4) is 5.75 Å². The minimum absolute atomic E-state index is 0.103. The Bertz CT molecular complexity index is 685. The summed E-state index contributed by atoms with van der Waals surface area (Å²) < 4.78 is 5.16. The molecule has 23 heavy (non-hydrogen) atoms. The average molecular weight is 309 g/mol. The van der Waals surface area contributed by atoms with E-state index in [0.29, 0.717) is 0 Å². The zero-order chi connectivity index (χ0) is 16.3. The van der Waals surface area contributed by atoms with Crippen LogP contribution in [0, 0.1) is 6.92 Å². The SMILES string of the molecule is COc1ccc(NC(=O)C2(c3cccc(C)c3)CCCC2)cc1.